The second-order valence-electron chi connectivity index (χ2n) is 5.40. The zero-order valence-corrected chi connectivity index (χ0v) is 14.8. The number of anilines is 1. The molecule has 0 unspecified atom stereocenters. The van der Waals surface area contributed by atoms with Gasteiger partial charge in [0.15, 0.2) is 0 Å². The SMILES string of the molecule is CCOC(=O)CN(c1ccc(C)c(C)c1)S(=O)(=O)c1ccccc1. The Labute approximate surface area is 142 Å². The zero-order chi connectivity index (χ0) is 17.7. The lowest BCUT2D eigenvalue weighted by molar-refractivity contribution is -0.141. The van der Waals surface area contributed by atoms with E-state index in [2.05, 4.69) is 0 Å². The van der Waals surface area contributed by atoms with Crippen LogP contribution in [0.15, 0.2) is 53.4 Å². The van der Waals surface area contributed by atoms with E-state index in [1.54, 1.807) is 37.3 Å². The van der Waals surface area contributed by atoms with Crippen LogP contribution in [0.25, 0.3) is 0 Å². The maximum Gasteiger partial charge on any atom is 0.326 e. The fraction of sp³-hybridized carbons (Fsp3) is 0.278. The Morgan fingerprint density at radius 2 is 1.71 bits per heavy atom. The van der Waals surface area contributed by atoms with Crippen LogP contribution in [0.5, 0.6) is 0 Å². The highest BCUT2D eigenvalue weighted by Gasteiger charge is 2.27. The second-order valence-corrected chi connectivity index (χ2v) is 7.26. The van der Waals surface area contributed by atoms with Gasteiger partial charge in [-0.3, -0.25) is 9.10 Å². The summed E-state index contributed by atoms with van der Waals surface area (Å²) in [6.45, 7) is 5.36. The number of hydrogen-bond acceptors (Lipinski definition) is 4. The number of carbonyl (C=O) groups excluding carboxylic acids is 1. The maximum absolute atomic E-state index is 13.0. The van der Waals surface area contributed by atoms with Crippen LogP contribution in [0.1, 0.15) is 18.1 Å². The molecule has 24 heavy (non-hydrogen) atoms. The molecule has 0 fully saturated rings. The van der Waals surface area contributed by atoms with Gasteiger partial charge in [-0.05, 0) is 56.2 Å². The monoisotopic (exact) mass is 347 g/mol. The molecule has 2 rings (SSSR count). The Bertz CT molecular complexity index is 816. The molecule has 0 aromatic heterocycles. The molecule has 0 spiro atoms. The molecule has 6 heteroatoms. The van der Waals surface area contributed by atoms with Crippen LogP contribution in [0.2, 0.25) is 0 Å². The van der Waals surface area contributed by atoms with E-state index >= 15 is 0 Å². The molecule has 128 valence electrons. The van der Waals surface area contributed by atoms with Crippen LogP contribution in [-0.2, 0) is 19.6 Å². The van der Waals surface area contributed by atoms with E-state index < -0.39 is 16.0 Å². The molecule has 0 aliphatic rings. The van der Waals surface area contributed by atoms with Crippen LogP contribution in [0.3, 0.4) is 0 Å². The van der Waals surface area contributed by atoms with E-state index in [-0.39, 0.29) is 18.0 Å². The van der Waals surface area contributed by atoms with Crippen LogP contribution in [-0.4, -0.2) is 27.5 Å². The van der Waals surface area contributed by atoms with Crippen LogP contribution >= 0.6 is 0 Å². The summed E-state index contributed by atoms with van der Waals surface area (Å²) in [5, 5.41) is 0. The first-order valence-electron chi connectivity index (χ1n) is 7.67. The van der Waals surface area contributed by atoms with E-state index in [0.29, 0.717) is 5.69 Å². The molecule has 0 saturated heterocycles. The lowest BCUT2D eigenvalue weighted by Gasteiger charge is -2.24. The van der Waals surface area contributed by atoms with E-state index in [1.807, 2.05) is 19.9 Å². The minimum absolute atomic E-state index is 0.132. The van der Waals surface area contributed by atoms with E-state index in [1.165, 1.54) is 12.1 Å². The number of carbonyl (C=O) groups is 1. The van der Waals surface area contributed by atoms with Crippen molar-refractivity contribution in [3.05, 3.63) is 59.7 Å². The molecule has 0 N–H and O–H groups in total. The number of sulfonamides is 1. The smallest absolute Gasteiger partial charge is 0.326 e. The quantitative estimate of drug-likeness (QED) is 0.754. The van der Waals surface area contributed by atoms with Crippen molar-refractivity contribution in [2.24, 2.45) is 0 Å². The van der Waals surface area contributed by atoms with Crippen LogP contribution in [0.4, 0.5) is 5.69 Å². The molecule has 5 nitrogen and oxygen atoms in total. The summed E-state index contributed by atoms with van der Waals surface area (Å²) in [5.41, 5.74) is 2.44. The first kappa shape index (κ1) is 18.0. The van der Waals surface area contributed by atoms with Crippen molar-refractivity contribution in [3.8, 4) is 0 Å². The van der Waals surface area contributed by atoms with Crippen LogP contribution < -0.4 is 4.31 Å². The Morgan fingerprint density at radius 3 is 2.29 bits per heavy atom. The summed E-state index contributed by atoms with van der Waals surface area (Å²) >= 11 is 0. The molecular weight excluding hydrogens is 326 g/mol. The summed E-state index contributed by atoms with van der Waals surface area (Å²) in [5.74, 6) is -0.588. The molecule has 0 saturated carbocycles. The number of esters is 1. The summed E-state index contributed by atoms with van der Waals surface area (Å²) in [6.07, 6.45) is 0. The van der Waals surface area contributed by atoms with Gasteiger partial charge in [0.25, 0.3) is 10.0 Å². The molecule has 0 heterocycles. The predicted octanol–water partition coefficient (Wildman–Crippen LogP) is 3.06. The molecule has 0 aliphatic heterocycles. The number of aryl methyl sites for hydroxylation is 2. The molecular formula is C18H21NO4S. The molecule has 2 aromatic carbocycles. The largest absolute Gasteiger partial charge is 0.465 e. The Kier molecular flexibility index (Phi) is 5.62. The van der Waals surface area contributed by atoms with Gasteiger partial charge in [-0.2, -0.15) is 0 Å². The number of rotatable bonds is 6. The van der Waals surface area contributed by atoms with Gasteiger partial charge in [-0.15, -0.1) is 0 Å². The Morgan fingerprint density at radius 1 is 1.04 bits per heavy atom. The van der Waals surface area contributed by atoms with Gasteiger partial charge >= 0.3 is 5.97 Å². The summed E-state index contributed by atoms with van der Waals surface area (Å²) in [4.78, 5) is 12.1. The number of hydrogen-bond donors (Lipinski definition) is 0. The molecule has 2 aromatic rings. The summed E-state index contributed by atoms with van der Waals surface area (Å²) in [7, 11) is -3.86. The first-order valence-corrected chi connectivity index (χ1v) is 9.11. The topological polar surface area (TPSA) is 63.7 Å². The van der Waals surface area contributed by atoms with Gasteiger partial charge in [0.2, 0.25) is 0 Å². The summed E-state index contributed by atoms with van der Waals surface area (Å²) < 4.78 is 32.0. The summed E-state index contributed by atoms with van der Waals surface area (Å²) in [6, 6.07) is 13.3. The average molecular weight is 347 g/mol. The van der Waals surface area contributed by atoms with Gasteiger partial charge in [0, 0.05) is 0 Å². The zero-order valence-electron chi connectivity index (χ0n) is 14.0. The third-order valence-electron chi connectivity index (χ3n) is 3.69. The lowest BCUT2D eigenvalue weighted by Crippen LogP contribution is -2.36. The first-order chi connectivity index (χ1) is 11.4. The third-order valence-corrected chi connectivity index (χ3v) is 5.48. The van der Waals surface area contributed by atoms with Crippen molar-refractivity contribution in [2.45, 2.75) is 25.7 Å². The number of ether oxygens (including phenoxy) is 1. The highest BCUT2D eigenvalue weighted by atomic mass is 32.2. The van der Waals surface area contributed by atoms with Crippen molar-refractivity contribution >= 4 is 21.7 Å². The fourth-order valence-electron chi connectivity index (χ4n) is 2.24. The standard InChI is InChI=1S/C18H21NO4S/c1-4-23-18(20)13-19(16-11-10-14(2)15(3)12-16)24(21,22)17-8-6-5-7-9-17/h5-12H,4,13H2,1-3H3. The van der Waals surface area contributed by atoms with Crippen molar-refractivity contribution in [1.82, 2.24) is 0 Å². The van der Waals surface area contributed by atoms with Crippen molar-refractivity contribution < 1.29 is 17.9 Å². The minimum Gasteiger partial charge on any atom is -0.465 e. The van der Waals surface area contributed by atoms with Gasteiger partial charge in [0.1, 0.15) is 6.54 Å². The van der Waals surface area contributed by atoms with Gasteiger partial charge in [0.05, 0.1) is 17.2 Å². The third kappa shape index (κ3) is 3.94. The highest BCUT2D eigenvalue weighted by Crippen LogP contribution is 2.25. The van der Waals surface area contributed by atoms with Gasteiger partial charge in [-0.25, -0.2) is 8.42 Å². The second kappa shape index (κ2) is 7.49. The van der Waals surface area contributed by atoms with Gasteiger partial charge in [-0.1, -0.05) is 24.3 Å². The highest BCUT2D eigenvalue weighted by molar-refractivity contribution is 7.92. The normalized spacial score (nSPS) is 11.1. The van der Waals surface area contributed by atoms with Crippen molar-refractivity contribution in [1.29, 1.82) is 0 Å². The van der Waals surface area contributed by atoms with E-state index in [4.69, 9.17) is 4.74 Å². The molecule has 0 radical (unpaired) electrons. The molecule has 0 atom stereocenters. The maximum atomic E-state index is 13.0. The fourth-order valence-corrected chi connectivity index (χ4v) is 3.66. The number of nitrogens with zero attached hydrogens (tertiary/aromatic N) is 1. The Balaban J connectivity index is 2.50. The molecule has 0 aliphatic carbocycles. The molecule has 0 amide bonds. The average Bonchev–Trinajstić information content (AvgIpc) is 2.56. The minimum atomic E-state index is -3.86. The van der Waals surface area contributed by atoms with Crippen LogP contribution in [0, 0.1) is 13.8 Å². The number of benzene rings is 2. The lowest BCUT2D eigenvalue weighted by atomic mass is 10.1. The van der Waals surface area contributed by atoms with E-state index in [9.17, 15) is 13.2 Å². The van der Waals surface area contributed by atoms with E-state index in [0.717, 1.165) is 15.4 Å². The van der Waals surface area contributed by atoms with Crippen molar-refractivity contribution in [3.63, 3.8) is 0 Å². The van der Waals surface area contributed by atoms with Gasteiger partial charge < -0.3 is 4.74 Å². The van der Waals surface area contributed by atoms with Crippen molar-refractivity contribution in [2.75, 3.05) is 17.5 Å². The molecule has 0 bridgehead atoms. The predicted molar refractivity (Wildman–Crippen MR) is 93.5 cm³/mol. The Hall–Kier alpha value is -2.34.